The molecule has 0 aromatic heterocycles. The molecule has 134 valence electrons. The Morgan fingerprint density at radius 2 is 1.84 bits per heavy atom. The molecule has 1 aromatic rings. The van der Waals surface area contributed by atoms with Gasteiger partial charge in [0.25, 0.3) is 0 Å². The van der Waals surface area contributed by atoms with Gasteiger partial charge in [-0.1, -0.05) is 12.1 Å². The second kappa shape index (κ2) is 7.13. The standard InChI is InChI=1S/C18H24N4O3/c1-13-4-3-5-15(14(13)2)20-8-10-21(11-9-20)17(24)12-22-16(23)6-7-19-18(22)25/h3-5H,6-12H2,1-2H3,(H,19,25). The number of imide groups is 1. The van der Waals surface area contributed by atoms with Gasteiger partial charge in [-0.25, -0.2) is 4.79 Å². The molecule has 2 aliphatic heterocycles. The molecule has 1 aromatic carbocycles. The van der Waals surface area contributed by atoms with Crippen molar-refractivity contribution in [2.45, 2.75) is 20.3 Å². The molecular weight excluding hydrogens is 320 g/mol. The van der Waals surface area contributed by atoms with E-state index in [0.29, 0.717) is 19.6 Å². The van der Waals surface area contributed by atoms with E-state index in [1.807, 2.05) is 0 Å². The van der Waals surface area contributed by atoms with Gasteiger partial charge in [0.2, 0.25) is 11.8 Å². The van der Waals surface area contributed by atoms with Crippen LogP contribution >= 0.6 is 0 Å². The van der Waals surface area contributed by atoms with Crippen LogP contribution in [-0.2, 0) is 9.59 Å². The van der Waals surface area contributed by atoms with Crippen LogP contribution in [0, 0.1) is 13.8 Å². The predicted octanol–water partition coefficient (Wildman–Crippen LogP) is 0.894. The minimum Gasteiger partial charge on any atom is -0.368 e. The number of urea groups is 1. The molecule has 7 heteroatoms. The van der Waals surface area contributed by atoms with Gasteiger partial charge in [-0.05, 0) is 31.0 Å². The smallest absolute Gasteiger partial charge is 0.324 e. The monoisotopic (exact) mass is 344 g/mol. The predicted molar refractivity (Wildman–Crippen MR) is 94.4 cm³/mol. The van der Waals surface area contributed by atoms with Gasteiger partial charge in [-0.3, -0.25) is 14.5 Å². The van der Waals surface area contributed by atoms with Crippen LogP contribution in [0.3, 0.4) is 0 Å². The average Bonchev–Trinajstić information content (AvgIpc) is 2.61. The number of amides is 4. The number of aryl methyl sites for hydroxylation is 1. The Balaban J connectivity index is 1.58. The molecule has 7 nitrogen and oxygen atoms in total. The third kappa shape index (κ3) is 3.60. The quantitative estimate of drug-likeness (QED) is 0.884. The molecule has 0 bridgehead atoms. The Morgan fingerprint density at radius 3 is 2.52 bits per heavy atom. The highest BCUT2D eigenvalue weighted by Crippen LogP contribution is 2.23. The van der Waals surface area contributed by atoms with Crippen molar-refractivity contribution >= 4 is 23.5 Å². The topological polar surface area (TPSA) is 73.0 Å². The molecule has 2 aliphatic rings. The summed E-state index contributed by atoms with van der Waals surface area (Å²) >= 11 is 0. The van der Waals surface area contributed by atoms with E-state index >= 15 is 0 Å². The Hall–Kier alpha value is -2.57. The first kappa shape index (κ1) is 17.3. The van der Waals surface area contributed by atoms with Crippen molar-refractivity contribution in [3.05, 3.63) is 29.3 Å². The van der Waals surface area contributed by atoms with Gasteiger partial charge in [0.1, 0.15) is 6.54 Å². The van der Waals surface area contributed by atoms with Gasteiger partial charge >= 0.3 is 6.03 Å². The summed E-state index contributed by atoms with van der Waals surface area (Å²) in [5.41, 5.74) is 3.72. The van der Waals surface area contributed by atoms with Crippen LogP contribution in [0.4, 0.5) is 10.5 Å². The molecule has 0 aliphatic carbocycles. The summed E-state index contributed by atoms with van der Waals surface area (Å²) in [5.74, 6) is -0.461. The van der Waals surface area contributed by atoms with Gasteiger partial charge < -0.3 is 15.1 Å². The van der Waals surface area contributed by atoms with E-state index in [9.17, 15) is 14.4 Å². The van der Waals surface area contributed by atoms with Crippen LogP contribution in [0.25, 0.3) is 0 Å². The van der Waals surface area contributed by atoms with Crippen LogP contribution in [-0.4, -0.2) is 66.9 Å². The van der Waals surface area contributed by atoms with Gasteiger partial charge in [-0.15, -0.1) is 0 Å². The molecule has 3 rings (SSSR count). The van der Waals surface area contributed by atoms with Crippen LogP contribution in [0.15, 0.2) is 18.2 Å². The third-order valence-electron chi connectivity index (χ3n) is 5.00. The summed E-state index contributed by atoms with van der Waals surface area (Å²) in [6, 6.07) is 5.78. The summed E-state index contributed by atoms with van der Waals surface area (Å²) in [6.07, 6.45) is 0.249. The number of piperazine rings is 1. The molecule has 1 N–H and O–H groups in total. The average molecular weight is 344 g/mol. The second-order valence-corrected chi connectivity index (χ2v) is 6.55. The van der Waals surface area contributed by atoms with Crippen molar-refractivity contribution in [3.63, 3.8) is 0 Å². The number of rotatable bonds is 3. The van der Waals surface area contributed by atoms with E-state index in [2.05, 4.69) is 42.3 Å². The van der Waals surface area contributed by atoms with Crippen molar-refractivity contribution in [2.24, 2.45) is 0 Å². The normalized spacial score (nSPS) is 18.4. The van der Waals surface area contributed by atoms with Gasteiger partial charge in [0.05, 0.1) is 0 Å². The highest BCUT2D eigenvalue weighted by molar-refractivity contribution is 6.00. The van der Waals surface area contributed by atoms with Crippen LogP contribution in [0.2, 0.25) is 0 Å². The third-order valence-corrected chi connectivity index (χ3v) is 5.00. The highest BCUT2D eigenvalue weighted by Gasteiger charge is 2.30. The number of carbonyl (C=O) groups is 3. The summed E-state index contributed by atoms with van der Waals surface area (Å²) in [7, 11) is 0. The number of hydrogen-bond acceptors (Lipinski definition) is 4. The lowest BCUT2D eigenvalue weighted by Gasteiger charge is -2.38. The molecule has 2 heterocycles. The molecule has 0 radical (unpaired) electrons. The van der Waals surface area contributed by atoms with Crippen LogP contribution in [0.5, 0.6) is 0 Å². The molecule has 25 heavy (non-hydrogen) atoms. The zero-order valence-electron chi connectivity index (χ0n) is 14.7. The zero-order chi connectivity index (χ0) is 18.0. The maximum atomic E-state index is 12.5. The lowest BCUT2D eigenvalue weighted by atomic mass is 10.1. The molecule has 4 amide bonds. The maximum absolute atomic E-state index is 12.5. The Kier molecular flexibility index (Phi) is 4.92. The minimum absolute atomic E-state index is 0.172. The van der Waals surface area contributed by atoms with Crippen molar-refractivity contribution in [3.8, 4) is 0 Å². The molecule has 2 fully saturated rings. The lowest BCUT2D eigenvalue weighted by Crippen LogP contribution is -2.56. The fourth-order valence-corrected chi connectivity index (χ4v) is 3.29. The molecule has 0 atom stereocenters. The first-order chi connectivity index (χ1) is 12.0. The van der Waals surface area contributed by atoms with E-state index in [0.717, 1.165) is 18.0 Å². The van der Waals surface area contributed by atoms with Gasteiger partial charge in [0, 0.05) is 44.8 Å². The number of nitrogens with zero attached hydrogens (tertiary/aromatic N) is 3. The Bertz CT molecular complexity index is 680. The number of hydrogen-bond donors (Lipinski definition) is 1. The van der Waals surface area contributed by atoms with Crippen molar-refractivity contribution in [2.75, 3.05) is 44.2 Å². The zero-order valence-corrected chi connectivity index (χ0v) is 14.7. The number of anilines is 1. The molecular formula is C18H24N4O3. The minimum atomic E-state index is -0.473. The number of carbonyl (C=O) groups excluding carboxylic acids is 3. The highest BCUT2D eigenvalue weighted by atomic mass is 16.2. The maximum Gasteiger partial charge on any atom is 0.324 e. The summed E-state index contributed by atoms with van der Waals surface area (Å²) in [4.78, 5) is 41.0. The first-order valence-corrected chi connectivity index (χ1v) is 8.64. The van der Waals surface area contributed by atoms with E-state index in [1.165, 1.54) is 16.8 Å². The molecule has 2 saturated heterocycles. The second-order valence-electron chi connectivity index (χ2n) is 6.55. The Labute approximate surface area is 147 Å². The van der Waals surface area contributed by atoms with E-state index in [1.54, 1.807) is 4.90 Å². The number of nitrogens with one attached hydrogen (secondary N) is 1. The van der Waals surface area contributed by atoms with Gasteiger partial charge in [0.15, 0.2) is 0 Å². The summed E-state index contributed by atoms with van der Waals surface area (Å²) in [6.45, 7) is 7.06. The first-order valence-electron chi connectivity index (χ1n) is 8.64. The van der Waals surface area contributed by atoms with Crippen LogP contribution in [0.1, 0.15) is 17.5 Å². The fraction of sp³-hybridized carbons (Fsp3) is 0.500. The largest absolute Gasteiger partial charge is 0.368 e. The number of benzene rings is 1. The van der Waals surface area contributed by atoms with Crippen LogP contribution < -0.4 is 10.2 Å². The summed E-state index contributed by atoms with van der Waals surface area (Å²) in [5, 5.41) is 2.60. The SMILES string of the molecule is Cc1cccc(N2CCN(C(=O)CN3C(=O)CCNC3=O)CC2)c1C. The van der Waals surface area contributed by atoms with Crippen molar-refractivity contribution in [1.82, 2.24) is 15.1 Å². The van der Waals surface area contributed by atoms with E-state index < -0.39 is 6.03 Å². The van der Waals surface area contributed by atoms with E-state index in [4.69, 9.17) is 0 Å². The fourth-order valence-electron chi connectivity index (χ4n) is 3.29. The summed E-state index contributed by atoms with van der Waals surface area (Å²) < 4.78 is 0. The lowest BCUT2D eigenvalue weighted by molar-refractivity contribution is -0.138. The van der Waals surface area contributed by atoms with E-state index in [-0.39, 0.29) is 24.8 Å². The molecule has 0 saturated carbocycles. The van der Waals surface area contributed by atoms with Crippen molar-refractivity contribution in [1.29, 1.82) is 0 Å². The Morgan fingerprint density at radius 1 is 1.12 bits per heavy atom. The van der Waals surface area contributed by atoms with Crippen molar-refractivity contribution < 1.29 is 14.4 Å². The van der Waals surface area contributed by atoms with Gasteiger partial charge in [-0.2, -0.15) is 0 Å². The molecule has 0 spiro atoms. The molecule has 0 unspecified atom stereocenters.